The van der Waals surface area contributed by atoms with Gasteiger partial charge in [0.2, 0.25) is 5.91 Å². The van der Waals surface area contributed by atoms with Crippen molar-refractivity contribution in [1.29, 1.82) is 0 Å². The molecule has 1 aromatic carbocycles. The average Bonchev–Trinajstić information content (AvgIpc) is 2.84. The lowest BCUT2D eigenvalue weighted by Gasteiger charge is -2.14. The molecule has 0 radical (unpaired) electrons. The second-order valence-electron chi connectivity index (χ2n) is 3.70. The molecule has 3 nitrogen and oxygen atoms in total. The number of nitrogens with two attached hydrogens (primary N) is 1. The molecular weight excluding hydrogens is 232 g/mol. The number of anilines is 1. The topological polar surface area (TPSA) is 55.1 Å². The molecule has 1 aromatic heterocycles. The van der Waals surface area contributed by atoms with Crippen LogP contribution in [0.25, 0.3) is 0 Å². The van der Waals surface area contributed by atoms with Crippen LogP contribution in [0.3, 0.4) is 0 Å². The molecule has 0 spiro atoms. The molecule has 3 N–H and O–H groups in total. The Morgan fingerprint density at radius 3 is 2.65 bits per heavy atom. The molecule has 0 aliphatic heterocycles. The van der Waals surface area contributed by atoms with Gasteiger partial charge >= 0.3 is 0 Å². The highest BCUT2D eigenvalue weighted by atomic mass is 32.1. The third kappa shape index (κ3) is 2.93. The van der Waals surface area contributed by atoms with E-state index in [1.54, 1.807) is 11.3 Å². The van der Waals surface area contributed by atoms with Crippen molar-refractivity contribution in [1.82, 2.24) is 0 Å². The van der Waals surface area contributed by atoms with E-state index < -0.39 is 0 Å². The van der Waals surface area contributed by atoms with Crippen molar-refractivity contribution in [3.8, 4) is 0 Å². The summed E-state index contributed by atoms with van der Waals surface area (Å²) in [6, 6.07) is 11.5. The van der Waals surface area contributed by atoms with Gasteiger partial charge in [0.25, 0.3) is 0 Å². The molecule has 88 valence electrons. The lowest BCUT2D eigenvalue weighted by molar-refractivity contribution is -0.117. The predicted molar refractivity (Wildman–Crippen MR) is 71.2 cm³/mol. The molecule has 0 aliphatic rings. The number of rotatable bonds is 4. The van der Waals surface area contributed by atoms with Crippen LogP contribution in [-0.4, -0.2) is 12.5 Å². The summed E-state index contributed by atoms with van der Waals surface area (Å²) in [5.74, 6) is -0.354. The number of nitrogens with one attached hydrogen (secondary N) is 1. The summed E-state index contributed by atoms with van der Waals surface area (Å²) < 4.78 is 0. The number of thiophene rings is 1. The Morgan fingerprint density at radius 1 is 1.29 bits per heavy atom. The summed E-state index contributed by atoms with van der Waals surface area (Å²) in [5, 5.41) is 6.69. The maximum Gasteiger partial charge on any atom is 0.233 e. The van der Waals surface area contributed by atoms with Crippen LogP contribution < -0.4 is 11.1 Å². The normalized spacial score (nSPS) is 12.1. The highest BCUT2D eigenvalue weighted by Gasteiger charge is 2.18. The van der Waals surface area contributed by atoms with Gasteiger partial charge < -0.3 is 11.1 Å². The highest BCUT2D eigenvalue weighted by Crippen LogP contribution is 2.18. The van der Waals surface area contributed by atoms with Gasteiger partial charge in [-0.2, -0.15) is 11.3 Å². The molecule has 0 saturated carbocycles. The molecule has 0 bridgehead atoms. The van der Waals surface area contributed by atoms with E-state index in [-0.39, 0.29) is 11.8 Å². The Balaban J connectivity index is 2.11. The van der Waals surface area contributed by atoms with Crippen molar-refractivity contribution < 1.29 is 4.79 Å². The quantitative estimate of drug-likeness (QED) is 0.870. The third-order valence-corrected chi connectivity index (χ3v) is 3.23. The monoisotopic (exact) mass is 246 g/mol. The third-order valence-electron chi connectivity index (χ3n) is 2.54. The van der Waals surface area contributed by atoms with Crippen LogP contribution in [-0.2, 0) is 4.79 Å². The molecule has 0 aliphatic carbocycles. The summed E-state index contributed by atoms with van der Waals surface area (Å²) in [4.78, 5) is 12.1. The zero-order valence-electron chi connectivity index (χ0n) is 9.30. The lowest BCUT2D eigenvalue weighted by atomic mass is 9.98. The molecule has 0 fully saturated rings. The minimum Gasteiger partial charge on any atom is -0.329 e. The first-order chi connectivity index (χ1) is 8.31. The van der Waals surface area contributed by atoms with E-state index in [0.717, 1.165) is 11.3 Å². The van der Waals surface area contributed by atoms with Crippen LogP contribution in [0.5, 0.6) is 0 Å². The number of carbonyl (C=O) groups excluding carboxylic acids is 1. The van der Waals surface area contributed by atoms with Crippen LogP contribution in [0.2, 0.25) is 0 Å². The van der Waals surface area contributed by atoms with Gasteiger partial charge in [0.1, 0.15) is 0 Å². The molecule has 2 aromatic rings. The average molecular weight is 246 g/mol. The van der Waals surface area contributed by atoms with Crippen LogP contribution >= 0.6 is 11.3 Å². The molecule has 1 amide bonds. The summed E-state index contributed by atoms with van der Waals surface area (Å²) in [6.07, 6.45) is 0. The van der Waals surface area contributed by atoms with Gasteiger partial charge in [0.15, 0.2) is 0 Å². The van der Waals surface area contributed by atoms with E-state index in [1.165, 1.54) is 0 Å². The van der Waals surface area contributed by atoms with Gasteiger partial charge in [-0.25, -0.2) is 0 Å². The number of hydrogen-bond donors (Lipinski definition) is 2. The van der Waals surface area contributed by atoms with Gasteiger partial charge in [-0.15, -0.1) is 0 Å². The first kappa shape index (κ1) is 11.8. The first-order valence-corrected chi connectivity index (χ1v) is 6.33. The molecule has 1 heterocycles. The van der Waals surface area contributed by atoms with Gasteiger partial charge in [0.05, 0.1) is 11.6 Å². The van der Waals surface area contributed by atoms with Gasteiger partial charge in [-0.1, -0.05) is 30.3 Å². The van der Waals surface area contributed by atoms with Crippen molar-refractivity contribution in [2.24, 2.45) is 5.73 Å². The molecule has 4 heteroatoms. The number of benzene rings is 1. The number of amides is 1. The van der Waals surface area contributed by atoms with E-state index >= 15 is 0 Å². The minimum absolute atomic E-state index is 0.0582. The van der Waals surface area contributed by atoms with Crippen LogP contribution in [0, 0.1) is 0 Å². The predicted octanol–water partition coefficient (Wildman–Crippen LogP) is 2.43. The van der Waals surface area contributed by atoms with E-state index in [9.17, 15) is 4.79 Å². The van der Waals surface area contributed by atoms with Crippen molar-refractivity contribution in [3.63, 3.8) is 0 Å². The Bertz CT molecular complexity index is 467. The molecule has 1 unspecified atom stereocenters. The van der Waals surface area contributed by atoms with E-state index in [0.29, 0.717) is 6.54 Å². The maximum absolute atomic E-state index is 12.1. The Hall–Kier alpha value is -1.65. The number of carbonyl (C=O) groups is 1. The Kier molecular flexibility index (Phi) is 3.90. The van der Waals surface area contributed by atoms with Crippen LogP contribution in [0.1, 0.15) is 11.5 Å². The smallest absolute Gasteiger partial charge is 0.233 e. The van der Waals surface area contributed by atoms with E-state index in [1.807, 2.05) is 47.2 Å². The zero-order chi connectivity index (χ0) is 12.1. The van der Waals surface area contributed by atoms with Crippen LogP contribution in [0.15, 0.2) is 47.2 Å². The van der Waals surface area contributed by atoms with Crippen molar-refractivity contribution >= 4 is 22.9 Å². The first-order valence-electron chi connectivity index (χ1n) is 5.39. The van der Waals surface area contributed by atoms with Gasteiger partial charge in [0, 0.05) is 11.9 Å². The second-order valence-corrected chi connectivity index (χ2v) is 4.48. The summed E-state index contributed by atoms with van der Waals surface area (Å²) in [5.41, 5.74) is 7.45. The largest absolute Gasteiger partial charge is 0.329 e. The lowest BCUT2D eigenvalue weighted by Crippen LogP contribution is -2.27. The minimum atomic E-state index is -0.295. The SMILES string of the molecule is NCC(C(=O)Nc1ccsc1)c1ccccc1. The fourth-order valence-corrected chi connectivity index (χ4v) is 2.23. The van der Waals surface area contributed by atoms with E-state index in [2.05, 4.69) is 5.32 Å². The summed E-state index contributed by atoms with van der Waals surface area (Å²) in [6.45, 7) is 0.306. The molecular formula is C13H14N2OS. The molecule has 1 atom stereocenters. The zero-order valence-corrected chi connectivity index (χ0v) is 10.1. The van der Waals surface area contributed by atoms with E-state index in [4.69, 9.17) is 5.73 Å². The van der Waals surface area contributed by atoms with Crippen molar-refractivity contribution in [2.45, 2.75) is 5.92 Å². The van der Waals surface area contributed by atoms with Gasteiger partial charge in [-0.3, -0.25) is 4.79 Å². The van der Waals surface area contributed by atoms with Crippen molar-refractivity contribution in [2.75, 3.05) is 11.9 Å². The fraction of sp³-hybridized carbons (Fsp3) is 0.154. The van der Waals surface area contributed by atoms with Crippen LogP contribution in [0.4, 0.5) is 5.69 Å². The number of hydrogen-bond acceptors (Lipinski definition) is 3. The molecule has 2 rings (SSSR count). The molecule has 0 saturated heterocycles. The maximum atomic E-state index is 12.1. The van der Waals surface area contributed by atoms with Gasteiger partial charge in [-0.05, 0) is 17.0 Å². The van der Waals surface area contributed by atoms with Crippen molar-refractivity contribution in [3.05, 3.63) is 52.7 Å². The highest BCUT2D eigenvalue weighted by molar-refractivity contribution is 7.08. The summed E-state index contributed by atoms with van der Waals surface area (Å²) in [7, 11) is 0. The fourth-order valence-electron chi connectivity index (χ4n) is 1.64. The molecule has 17 heavy (non-hydrogen) atoms. The summed E-state index contributed by atoms with van der Waals surface area (Å²) >= 11 is 1.55. The Morgan fingerprint density at radius 2 is 2.06 bits per heavy atom. The Labute approximate surface area is 104 Å². The second kappa shape index (κ2) is 5.61. The standard InChI is InChI=1S/C13H14N2OS/c14-8-12(10-4-2-1-3-5-10)13(16)15-11-6-7-17-9-11/h1-7,9,12H,8,14H2,(H,15,16).